The molecule has 2 aliphatic rings. The standard InChI is InChI=1S/C13H23N3O4/c1-2-16-5-3-10(8-16)7-14-12(19)15-13(11(17)18)4-6-20-9-13/h10H,2-9H2,1H3,(H,17,18)(H2,14,15,19). The molecular weight excluding hydrogens is 262 g/mol. The van der Waals surface area contributed by atoms with Crippen molar-refractivity contribution in [2.24, 2.45) is 5.92 Å². The highest BCUT2D eigenvalue weighted by Crippen LogP contribution is 2.19. The van der Waals surface area contributed by atoms with E-state index in [4.69, 9.17) is 4.74 Å². The number of carbonyl (C=O) groups excluding carboxylic acids is 1. The molecule has 7 nitrogen and oxygen atoms in total. The van der Waals surface area contributed by atoms with Gasteiger partial charge in [-0.1, -0.05) is 6.92 Å². The summed E-state index contributed by atoms with van der Waals surface area (Å²) in [6.45, 7) is 6.19. The molecule has 0 spiro atoms. The number of amides is 2. The van der Waals surface area contributed by atoms with Crippen molar-refractivity contribution < 1.29 is 19.4 Å². The van der Waals surface area contributed by atoms with Crippen molar-refractivity contribution >= 4 is 12.0 Å². The summed E-state index contributed by atoms with van der Waals surface area (Å²) in [6, 6.07) is -0.423. The lowest BCUT2D eigenvalue weighted by molar-refractivity contribution is -0.144. The van der Waals surface area contributed by atoms with E-state index in [0.717, 1.165) is 26.1 Å². The Balaban J connectivity index is 1.76. The number of ether oxygens (including phenoxy) is 1. The van der Waals surface area contributed by atoms with Crippen molar-refractivity contribution in [2.75, 3.05) is 39.4 Å². The Labute approximate surface area is 118 Å². The number of likely N-dealkylation sites (tertiary alicyclic amines) is 1. The summed E-state index contributed by atoms with van der Waals surface area (Å²) < 4.78 is 5.10. The van der Waals surface area contributed by atoms with Crippen molar-refractivity contribution in [3.05, 3.63) is 0 Å². The number of carboxylic acid groups (broad SMARTS) is 1. The number of rotatable bonds is 5. The maximum absolute atomic E-state index is 11.9. The van der Waals surface area contributed by atoms with Gasteiger partial charge in [0, 0.05) is 26.1 Å². The van der Waals surface area contributed by atoms with Crippen LogP contribution in [0.1, 0.15) is 19.8 Å². The van der Waals surface area contributed by atoms with Crippen molar-refractivity contribution in [3.8, 4) is 0 Å². The molecule has 0 aromatic rings. The summed E-state index contributed by atoms with van der Waals surface area (Å²) in [7, 11) is 0. The molecule has 0 bridgehead atoms. The van der Waals surface area contributed by atoms with Crippen molar-refractivity contribution in [1.29, 1.82) is 0 Å². The van der Waals surface area contributed by atoms with Crippen LogP contribution in [-0.4, -0.2) is 66.9 Å². The van der Waals surface area contributed by atoms with E-state index in [2.05, 4.69) is 22.5 Å². The molecule has 114 valence electrons. The fraction of sp³-hybridized carbons (Fsp3) is 0.846. The smallest absolute Gasteiger partial charge is 0.332 e. The Hall–Kier alpha value is -1.34. The molecule has 2 rings (SSSR count). The molecule has 2 fully saturated rings. The molecule has 3 N–H and O–H groups in total. The molecule has 2 saturated heterocycles. The number of aliphatic carboxylic acids is 1. The lowest BCUT2D eigenvalue weighted by Gasteiger charge is -2.24. The minimum absolute atomic E-state index is 0.0305. The predicted molar refractivity (Wildman–Crippen MR) is 72.6 cm³/mol. The Morgan fingerprint density at radius 2 is 2.30 bits per heavy atom. The minimum atomic E-state index is -1.27. The molecule has 20 heavy (non-hydrogen) atoms. The first-order chi connectivity index (χ1) is 9.55. The van der Waals surface area contributed by atoms with Crippen LogP contribution in [0.5, 0.6) is 0 Å². The topological polar surface area (TPSA) is 90.9 Å². The molecule has 2 heterocycles. The van der Waals surface area contributed by atoms with Crippen LogP contribution in [0.2, 0.25) is 0 Å². The molecule has 2 amide bonds. The van der Waals surface area contributed by atoms with Gasteiger partial charge in [0.1, 0.15) is 0 Å². The average Bonchev–Trinajstić information content (AvgIpc) is 3.05. The van der Waals surface area contributed by atoms with Crippen molar-refractivity contribution in [1.82, 2.24) is 15.5 Å². The third kappa shape index (κ3) is 3.40. The van der Waals surface area contributed by atoms with E-state index in [9.17, 15) is 14.7 Å². The quantitative estimate of drug-likeness (QED) is 0.654. The molecule has 7 heteroatoms. The Kier molecular flexibility index (Phi) is 4.82. The summed E-state index contributed by atoms with van der Waals surface area (Å²) >= 11 is 0. The number of carboxylic acids is 1. The zero-order valence-corrected chi connectivity index (χ0v) is 11.9. The van der Waals surface area contributed by atoms with Gasteiger partial charge in [-0.3, -0.25) is 0 Å². The van der Waals surface area contributed by atoms with Crippen molar-refractivity contribution in [2.45, 2.75) is 25.3 Å². The van der Waals surface area contributed by atoms with Gasteiger partial charge in [-0.05, 0) is 25.4 Å². The monoisotopic (exact) mass is 285 g/mol. The van der Waals surface area contributed by atoms with E-state index in [1.807, 2.05) is 0 Å². The van der Waals surface area contributed by atoms with Gasteiger partial charge >= 0.3 is 12.0 Å². The average molecular weight is 285 g/mol. The Bertz CT molecular complexity index is 369. The van der Waals surface area contributed by atoms with E-state index in [1.54, 1.807) is 0 Å². The zero-order valence-electron chi connectivity index (χ0n) is 11.9. The fourth-order valence-corrected chi connectivity index (χ4v) is 2.75. The number of hydrogen-bond acceptors (Lipinski definition) is 4. The summed E-state index contributed by atoms with van der Waals surface area (Å²) in [5.41, 5.74) is -1.27. The molecule has 0 aliphatic carbocycles. The largest absolute Gasteiger partial charge is 0.479 e. The molecule has 0 radical (unpaired) electrons. The van der Waals surface area contributed by atoms with E-state index < -0.39 is 17.5 Å². The van der Waals surface area contributed by atoms with Gasteiger partial charge in [0.05, 0.1) is 6.61 Å². The second-order valence-electron chi connectivity index (χ2n) is 5.57. The maximum atomic E-state index is 11.9. The van der Waals surface area contributed by atoms with Crippen LogP contribution >= 0.6 is 0 Å². The van der Waals surface area contributed by atoms with Gasteiger partial charge in [-0.2, -0.15) is 0 Å². The second-order valence-corrected chi connectivity index (χ2v) is 5.57. The first kappa shape index (κ1) is 15.1. The van der Waals surface area contributed by atoms with Gasteiger partial charge in [0.15, 0.2) is 5.54 Å². The Morgan fingerprint density at radius 3 is 2.85 bits per heavy atom. The first-order valence-corrected chi connectivity index (χ1v) is 7.15. The van der Waals surface area contributed by atoms with Crippen LogP contribution < -0.4 is 10.6 Å². The predicted octanol–water partition coefficient (Wildman–Crippen LogP) is -0.129. The maximum Gasteiger partial charge on any atom is 0.332 e. The molecule has 0 aromatic heterocycles. The summed E-state index contributed by atoms with van der Waals surface area (Å²) in [5.74, 6) is -0.593. The molecular formula is C13H23N3O4. The van der Waals surface area contributed by atoms with Gasteiger partial charge in [-0.15, -0.1) is 0 Å². The van der Waals surface area contributed by atoms with Crippen LogP contribution in [0.3, 0.4) is 0 Å². The van der Waals surface area contributed by atoms with Crippen LogP contribution in [0.25, 0.3) is 0 Å². The highest BCUT2D eigenvalue weighted by molar-refractivity contribution is 5.86. The van der Waals surface area contributed by atoms with E-state index in [0.29, 0.717) is 25.5 Å². The van der Waals surface area contributed by atoms with Gasteiger partial charge in [-0.25, -0.2) is 9.59 Å². The van der Waals surface area contributed by atoms with E-state index >= 15 is 0 Å². The van der Waals surface area contributed by atoms with Gasteiger partial charge < -0.3 is 25.4 Å². The molecule has 2 unspecified atom stereocenters. The SMILES string of the molecule is CCN1CCC(CNC(=O)NC2(C(=O)O)CCOC2)C1. The van der Waals surface area contributed by atoms with Crippen LogP contribution in [0.4, 0.5) is 4.79 Å². The normalized spacial score (nSPS) is 30.4. The third-order valence-corrected chi connectivity index (χ3v) is 4.15. The first-order valence-electron chi connectivity index (χ1n) is 7.15. The van der Waals surface area contributed by atoms with Gasteiger partial charge in [0.25, 0.3) is 0 Å². The number of nitrogens with zero attached hydrogens (tertiary/aromatic N) is 1. The second kappa shape index (κ2) is 6.41. The number of carbonyl (C=O) groups is 2. The highest BCUT2D eigenvalue weighted by atomic mass is 16.5. The summed E-state index contributed by atoms with van der Waals surface area (Å²) in [6.07, 6.45) is 1.38. The van der Waals surface area contributed by atoms with Crippen LogP contribution in [0.15, 0.2) is 0 Å². The number of nitrogens with one attached hydrogen (secondary N) is 2. The van der Waals surface area contributed by atoms with E-state index in [1.165, 1.54) is 0 Å². The molecule has 2 aliphatic heterocycles. The molecule has 0 aromatic carbocycles. The highest BCUT2D eigenvalue weighted by Gasteiger charge is 2.44. The minimum Gasteiger partial charge on any atom is -0.479 e. The van der Waals surface area contributed by atoms with Crippen LogP contribution in [-0.2, 0) is 9.53 Å². The van der Waals surface area contributed by atoms with E-state index in [-0.39, 0.29) is 6.61 Å². The number of hydrogen-bond donors (Lipinski definition) is 3. The summed E-state index contributed by atoms with van der Waals surface area (Å²) in [5, 5.41) is 14.6. The van der Waals surface area contributed by atoms with Gasteiger partial charge in [0.2, 0.25) is 0 Å². The molecule has 0 saturated carbocycles. The lowest BCUT2D eigenvalue weighted by Crippen LogP contribution is -2.58. The third-order valence-electron chi connectivity index (χ3n) is 4.15. The molecule has 2 atom stereocenters. The fourth-order valence-electron chi connectivity index (χ4n) is 2.75. The lowest BCUT2D eigenvalue weighted by atomic mass is 9.99. The number of urea groups is 1. The van der Waals surface area contributed by atoms with Crippen LogP contribution in [0, 0.1) is 5.92 Å². The Morgan fingerprint density at radius 1 is 1.50 bits per heavy atom. The zero-order chi connectivity index (χ0) is 14.6. The summed E-state index contributed by atoms with van der Waals surface area (Å²) in [4.78, 5) is 25.5. The van der Waals surface area contributed by atoms with Crippen molar-refractivity contribution in [3.63, 3.8) is 0 Å².